The van der Waals surface area contributed by atoms with E-state index in [1.54, 1.807) is 0 Å². The van der Waals surface area contributed by atoms with Crippen LogP contribution in [0, 0.1) is 0 Å². The molecule has 7 nitrogen and oxygen atoms in total. The number of nitrogens with one attached hydrogen (secondary N) is 2. The molecule has 1 saturated heterocycles. The highest BCUT2D eigenvalue weighted by Crippen LogP contribution is 2.28. The molecule has 0 aliphatic carbocycles. The molecule has 6 aromatic rings. The van der Waals surface area contributed by atoms with Gasteiger partial charge in [-0.15, -0.1) is 0 Å². The van der Waals surface area contributed by atoms with Gasteiger partial charge in [0, 0.05) is 38.8 Å². The maximum Gasteiger partial charge on any atom is 0.157 e. The molecule has 7 heteroatoms. The highest BCUT2D eigenvalue weighted by atomic mass is 16.5. The number of aromatic amines is 2. The number of benzene rings is 3. The number of H-pyrrole nitrogens is 2. The van der Waals surface area contributed by atoms with Crippen molar-refractivity contribution in [1.82, 2.24) is 24.9 Å². The molecule has 2 N–H and O–H groups in total. The molecule has 170 valence electrons. The first-order valence-corrected chi connectivity index (χ1v) is 11.5. The number of ether oxygens (including phenoxy) is 1. The fraction of sp³-hybridized carbons (Fsp3) is 0.148. The number of fused-ring (bicyclic) bond motifs is 3. The minimum absolute atomic E-state index is 0. The zero-order valence-corrected chi connectivity index (χ0v) is 18.5. The molecule has 3 aromatic carbocycles. The maximum absolute atomic E-state index is 5.48. The molecule has 0 spiro atoms. The molecule has 0 unspecified atom stereocenters. The molecule has 7 rings (SSSR count). The summed E-state index contributed by atoms with van der Waals surface area (Å²) in [6, 6.07) is 22.9. The molecule has 1 aliphatic heterocycles. The smallest absolute Gasteiger partial charge is 0.157 e. The van der Waals surface area contributed by atoms with E-state index in [0.29, 0.717) is 0 Å². The van der Waals surface area contributed by atoms with E-state index in [4.69, 9.17) is 14.7 Å². The SMILES string of the molecule is [HH].[HH].c1ccc2cc(-c3nc4ccc(-c5nc6ccc(N7CCOCC7)cc6[nH]5)cc4[nH]3)ncc2c1. The Kier molecular flexibility index (Phi) is 4.35. The molecule has 4 heterocycles. The third kappa shape index (κ3) is 3.29. The van der Waals surface area contributed by atoms with E-state index < -0.39 is 0 Å². The number of morpholine rings is 1. The van der Waals surface area contributed by atoms with Gasteiger partial charge >= 0.3 is 0 Å². The van der Waals surface area contributed by atoms with Gasteiger partial charge in [0.25, 0.3) is 0 Å². The second kappa shape index (κ2) is 7.67. The van der Waals surface area contributed by atoms with Crippen molar-refractivity contribution in [2.45, 2.75) is 0 Å². The van der Waals surface area contributed by atoms with Crippen molar-refractivity contribution in [2.24, 2.45) is 0 Å². The van der Waals surface area contributed by atoms with Crippen molar-refractivity contribution in [1.29, 1.82) is 0 Å². The van der Waals surface area contributed by atoms with E-state index >= 15 is 0 Å². The maximum atomic E-state index is 5.48. The van der Waals surface area contributed by atoms with Gasteiger partial charge in [-0.05, 0) is 47.9 Å². The van der Waals surface area contributed by atoms with Crippen molar-refractivity contribution in [2.75, 3.05) is 31.2 Å². The number of hydrogen-bond donors (Lipinski definition) is 2. The molecule has 0 radical (unpaired) electrons. The Labute approximate surface area is 198 Å². The molecule has 3 aromatic heterocycles. The van der Waals surface area contributed by atoms with Crippen LogP contribution >= 0.6 is 0 Å². The van der Waals surface area contributed by atoms with Gasteiger partial charge in [-0.2, -0.15) is 0 Å². The number of aromatic nitrogens is 5. The number of imidazole rings is 2. The van der Waals surface area contributed by atoms with Crippen molar-refractivity contribution in [3.05, 3.63) is 72.9 Å². The predicted molar refractivity (Wildman–Crippen MR) is 139 cm³/mol. The summed E-state index contributed by atoms with van der Waals surface area (Å²) in [5.41, 5.74) is 6.88. The fourth-order valence-corrected chi connectivity index (χ4v) is 4.64. The Hall–Kier alpha value is -4.23. The van der Waals surface area contributed by atoms with E-state index in [0.717, 1.165) is 82.0 Å². The average Bonchev–Trinajstić information content (AvgIpc) is 3.52. The molecule has 0 saturated carbocycles. The van der Waals surface area contributed by atoms with Crippen LogP contribution in [0.2, 0.25) is 0 Å². The second-order valence-corrected chi connectivity index (χ2v) is 8.62. The summed E-state index contributed by atoms with van der Waals surface area (Å²) in [7, 11) is 0. The van der Waals surface area contributed by atoms with Crippen LogP contribution in [0.1, 0.15) is 2.85 Å². The van der Waals surface area contributed by atoms with Gasteiger partial charge in [0.2, 0.25) is 0 Å². The van der Waals surface area contributed by atoms with Crippen LogP contribution in [0.4, 0.5) is 5.69 Å². The third-order valence-electron chi connectivity index (χ3n) is 6.47. The van der Waals surface area contributed by atoms with Gasteiger partial charge in [0.15, 0.2) is 5.82 Å². The molecule has 0 atom stereocenters. The van der Waals surface area contributed by atoms with E-state index in [-0.39, 0.29) is 2.85 Å². The summed E-state index contributed by atoms with van der Waals surface area (Å²) in [6.45, 7) is 3.37. The summed E-state index contributed by atoms with van der Waals surface area (Å²) in [5.74, 6) is 1.61. The number of anilines is 1. The van der Waals surface area contributed by atoms with Crippen LogP contribution in [0.3, 0.4) is 0 Å². The van der Waals surface area contributed by atoms with Crippen LogP contribution in [-0.2, 0) is 4.74 Å². The largest absolute Gasteiger partial charge is 0.378 e. The normalized spacial score (nSPS) is 14.4. The molecular formula is C27H26N6O. The van der Waals surface area contributed by atoms with Crippen LogP contribution < -0.4 is 4.90 Å². The van der Waals surface area contributed by atoms with Crippen molar-refractivity contribution >= 4 is 38.5 Å². The molecule has 1 fully saturated rings. The molecule has 34 heavy (non-hydrogen) atoms. The summed E-state index contributed by atoms with van der Waals surface area (Å²) in [5, 5.41) is 2.26. The van der Waals surface area contributed by atoms with Crippen molar-refractivity contribution in [3.8, 4) is 22.9 Å². The van der Waals surface area contributed by atoms with E-state index in [2.05, 4.69) is 68.4 Å². The first-order valence-electron chi connectivity index (χ1n) is 11.5. The fourth-order valence-electron chi connectivity index (χ4n) is 4.64. The highest BCUT2D eigenvalue weighted by Gasteiger charge is 2.14. The standard InChI is InChI=1S/C27H22N6O.2H2/c1-2-4-19-16-28-25(13-17(19)3-1)27-30-21-7-5-18(14-23(21)32-27)26-29-22-8-6-20(15-24(22)31-26)33-9-11-34-12-10-33;;/h1-8,13-16H,9-12H2,(H,29,31)(H,30,32);2*1H. The van der Waals surface area contributed by atoms with Crippen LogP contribution in [0.15, 0.2) is 72.9 Å². The Bertz CT molecular complexity index is 1670. The average molecular weight is 451 g/mol. The Morgan fingerprint density at radius 2 is 1.50 bits per heavy atom. The Morgan fingerprint density at radius 3 is 2.38 bits per heavy atom. The van der Waals surface area contributed by atoms with E-state index in [1.165, 1.54) is 5.69 Å². The van der Waals surface area contributed by atoms with Crippen LogP contribution in [0.25, 0.3) is 55.7 Å². The third-order valence-corrected chi connectivity index (χ3v) is 6.47. The monoisotopic (exact) mass is 450 g/mol. The van der Waals surface area contributed by atoms with Crippen molar-refractivity contribution < 1.29 is 7.59 Å². The van der Waals surface area contributed by atoms with E-state index in [9.17, 15) is 0 Å². The number of nitrogens with zero attached hydrogens (tertiary/aromatic N) is 4. The lowest BCUT2D eigenvalue weighted by molar-refractivity contribution is 0.122. The lowest BCUT2D eigenvalue weighted by atomic mass is 10.1. The number of pyridine rings is 1. The zero-order chi connectivity index (χ0) is 22.5. The quantitative estimate of drug-likeness (QED) is 0.364. The van der Waals surface area contributed by atoms with E-state index in [1.807, 2.05) is 24.4 Å². The van der Waals surface area contributed by atoms with Gasteiger partial charge in [0.05, 0.1) is 35.3 Å². The molecule has 1 aliphatic rings. The summed E-state index contributed by atoms with van der Waals surface area (Å²) < 4.78 is 5.48. The van der Waals surface area contributed by atoms with Gasteiger partial charge in [-0.3, -0.25) is 4.98 Å². The van der Waals surface area contributed by atoms with Crippen LogP contribution in [0.5, 0.6) is 0 Å². The van der Waals surface area contributed by atoms with Gasteiger partial charge in [-0.25, -0.2) is 9.97 Å². The first-order chi connectivity index (χ1) is 16.8. The van der Waals surface area contributed by atoms with Crippen LogP contribution in [-0.4, -0.2) is 51.2 Å². The summed E-state index contributed by atoms with van der Waals surface area (Å²) >= 11 is 0. The highest BCUT2D eigenvalue weighted by molar-refractivity contribution is 5.88. The van der Waals surface area contributed by atoms with Crippen molar-refractivity contribution in [3.63, 3.8) is 0 Å². The summed E-state index contributed by atoms with van der Waals surface area (Å²) in [6.07, 6.45) is 1.89. The lowest BCUT2D eigenvalue weighted by Gasteiger charge is -2.28. The minimum Gasteiger partial charge on any atom is -0.378 e. The topological polar surface area (TPSA) is 82.7 Å². The molecule has 0 bridgehead atoms. The number of hydrogen-bond acceptors (Lipinski definition) is 5. The van der Waals surface area contributed by atoms with Gasteiger partial charge in [0.1, 0.15) is 11.5 Å². The Morgan fingerprint density at radius 1 is 0.765 bits per heavy atom. The zero-order valence-electron chi connectivity index (χ0n) is 18.5. The van der Waals surface area contributed by atoms with Gasteiger partial charge < -0.3 is 19.6 Å². The molecule has 0 amide bonds. The molecular weight excluding hydrogens is 424 g/mol. The predicted octanol–water partition coefficient (Wildman–Crippen LogP) is 5.65. The minimum atomic E-state index is 0. The lowest BCUT2D eigenvalue weighted by Crippen LogP contribution is -2.36. The summed E-state index contributed by atoms with van der Waals surface area (Å²) in [4.78, 5) is 23.5. The van der Waals surface area contributed by atoms with Gasteiger partial charge in [-0.1, -0.05) is 24.3 Å². The second-order valence-electron chi connectivity index (χ2n) is 8.62. The first kappa shape index (κ1) is 19.3. The number of rotatable bonds is 3. The Balaban J connectivity index is 0.00000133.